The fourth-order valence-corrected chi connectivity index (χ4v) is 2.31. The van der Waals surface area contributed by atoms with Crippen molar-refractivity contribution in [1.82, 2.24) is 0 Å². The lowest BCUT2D eigenvalue weighted by Gasteiger charge is -2.09. The Morgan fingerprint density at radius 1 is 1.50 bits per heavy atom. The molecule has 0 N–H and O–H groups in total. The molecule has 14 heavy (non-hydrogen) atoms. The third-order valence-electron chi connectivity index (χ3n) is 2.78. The number of carbonyl (C=O) groups is 1. The van der Waals surface area contributed by atoms with Gasteiger partial charge < -0.3 is 4.74 Å². The smallest absolute Gasteiger partial charge is 0.303 e. The van der Waals surface area contributed by atoms with Gasteiger partial charge in [0.05, 0.1) is 0 Å². The number of rotatable bonds is 1. The molecule has 2 rings (SSSR count). The van der Waals surface area contributed by atoms with Gasteiger partial charge in [0.25, 0.3) is 0 Å². The first kappa shape index (κ1) is 11.3. The Bertz CT molecular complexity index is 230. The van der Waals surface area contributed by atoms with E-state index < -0.39 is 0 Å². The summed E-state index contributed by atoms with van der Waals surface area (Å²) in [6, 6.07) is 0. The number of hydrogen-bond donors (Lipinski definition) is 0. The van der Waals surface area contributed by atoms with Crippen LogP contribution in [0.1, 0.15) is 46.5 Å². The lowest BCUT2D eigenvalue weighted by atomic mass is 10.1. The fraction of sp³-hybridized carbons (Fsp3) is 0.750. The molecule has 2 aliphatic rings. The van der Waals surface area contributed by atoms with E-state index in [1.165, 1.54) is 31.8 Å². The second kappa shape index (κ2) is 5.18. The first-order valence-electron chi connectivity index (χ1n) is 5.63. The first-order chi connectivity index (χ1) is 6.75. The summed E-state index contributed by atoms with van der Waals surface area (Å²) in [4.78, 5) is 10.7. The van der Waals surface area contributed by atoms with Gasteiger partial charge in [-0.2, -0.15) is 0 Å². The molecular formula is C12H20O2. The minimum Gasteiger partial charge on any atom is -0.458 e. The van der Waals surface area contributed by atoms with Crippen LogP contribution in [0, 0.1) is 5.92 Å². The molecule has 2 unspecified atom stereocenters. The summed E-state index contributed by atoms with van der Waals surface area (Å²) in [6.45, 7) is 5.48. The van der Waals surface area contributed by atoms with Crippen molar-refractivity contribution < 1.29 is 9.53 Å². The molecule has 0 spiro atoms. The van der Waals surface area contributed by atoms with Crippen LogP contribution in [-0.4, -0.2) is 12.1 Å². The van der Waals surface area contributed by atoms with Crippen molar-refractivity contribution >= 4 is 5.97 Å². The van der Waals surface area contributed by atoms with Crippen LogP contribution in [0.25, 0.3) is 0 Å². The van der Waals surface area contributed by atoms with Gasteiger partial charge in [-0.15, -0.1) is 0 Å². The maximum Gasteiger partial charge on any atom is 0.303 e. The van der Waals surface area contributed by atoms with Crippen molar-refractivity contribution in [1.29, 1.82) is 0 Å². The highest BCUT2D eigenvalue weighted by Crippen LogP contribution is 2.40. The predicted octanol–water partition coefficient (Wildman–Crippen LogP) is 3.07. The maximum absolute atomic E-state index is 10.7. The van der Waals surface area contributed by atoms with E-state index in [1.807, 2.05) is 13.8 Å². The van der Waals surface area contributed by atoms with Crippen molar-refractivity contribution in [3.05, 3.63) is 11.6 Å². The van der Waals surface area contributed by atoms with Crippen LogP contribution in [-0.2, 0) is 9.53 Å². The molecule has 0 aromatic heterocycles. The van der Waals surface area contributed by atoms with Gasteiger partial charge in [0.2, 0.25) is 0 Å². The summed E-state index contributed by atoms with van der Waals surface area (Å²) in [7, 11) is 0. The molecule has 2 heteroatoms. The van der Waals surface area contributed by atoms with E-state index in [9.17, 15) is 4.79 Å². The topological polar surface area (TPSA) is 26.3 Å². The minimum atomic E-state index is -0.156. The normalized spacial score (nSPS) is 28.6. The lowest BCUT2D eigenvalue weighted by Crippen LogP contribution is -2.12. The molecule has 0 radical (unpaired) electrons. The summed E-state index contributed by atoms with van der Waals surface area (Å²) in [6.07, 6.45) is 7.12. The molecule has 2 aliphatic carbocycles. The molecule has 2 nitrogen and oxygen atoms in total. The van der Waals surface area contributed by atoms with E-state index in [-0.39, 0.29) is 12.1 Å². The monoisotopic (exact) mass is 196 g/mol. The Kier molecular flexibility index (Phi) is 4.18. The summed E-state index contributed by atoms with van der Waals surface area (Å²) in [5, 5.41) is 0. The molecule has 1 fully saturated rings. The second-order valence-electron chi connectivity index (χ2n) is 3.71. The molecule has 2 atom stereocenters. The Morgan fingerprint density at radius 3 is 2.79 bits per heavy atom. The van der Waals surface area contributed by atoms with E-state index in [0.29, 0.717) is 0 Å². The van der Waals surface area contributed by atoms with Crippen LogP contribution < -0.4 is 0 Å². The van der Waals surface area contributed by atoms with Crippen molar-refractivity contribution in [3.63, 3.8) is 0 Å². The van der Waals surface area contributed by atoms with E-state index in [0.717, 1.165) is 12.3 Å². The number of hydrogen-bond acceptors (Lipinski definition) is 2. The molecule has 0 amide bonds. The molecule has 0 saturated heterocycles. The zero-order valence-corrected chi connectivity index (χ0v) is 9.38. The average molecular weight is 196 g/mol. The van der Waals surface area contributed by atoms with Crippen LogP contribution in [0.2, 0.25) is 0 Å². The van der Waals surface area contributed by atoms with Crippen molar-refractivity contribution in [3.8, 4) is 0 Å². The van der Waals surface area contributed by atoms with Gasteiger partial charge >= 0.3 is 5.97 Å². The molecular weight excluding hydrogens is 176 g/mol. The van der Waals surface area contributed by atoms with Crippen LogP contribution in [0.4, 0.5) is 0 Å². The molecule has 0 bridgehead atoms. The van der Waals surface area contributed by atoms with Gasteiger partial charge in [-0.25, -0.2) is 0 Å². The summed E-state index contributed by atoms with van der Waals surface area (Å²) in [5.41, 5.74) is 1.53. The summed E-state index contributed by atoms with van der Waals surface area (Å²) in [5.74, 6) is 0.575. The van der Waals surface area contributed by atoms with E-state index in [1.54, 1.807) is 0 Å². The highest BCUT2D eigenvalue weighted by Gasteiger charge is 2.30. The van der Waals surface area contributed by atoms with Crippen molar-refractivity contribution in [2.24, 2.45) is 5.92 Å². The van der Waals surface area contributed by atoms with Gasteiger partial charge in [0.15, 0.2) is 0 Å². The number of carbonyl (C=O) groups excluding carboxylic acids is 1. The number of allylic oxidation sites excluding steroid dienone is 1. The van der Waals surface area contributed by atoms with Gasteiger partial charge in [-0.3, -0.25) is 4.79 Å². The Morgan fingerprint density at radius 2 is 2.21 bits per heavy atom. The quantitative estimate of drug-likeness (QED) is 0.476. The number of ether oxygens (including phenoxy) is 1. The number of fused-ring (bicyclic) bond motifs is 1. The third-order valence-corrected chi connectivity index (χ3v) is 2.78. The summed E-state index contributed by atoms with van der Waals surface area (Å²) < 4.78 is 5.13. The number of esters is 1. The Balaban J connectivity index is 0.000000461. The molecule has 1 saturated carbocycles. The van der Waals surface area contributed by atoms with Crippen LogP contribution in [0.15, 0.2) is 11.6 Å². The maximum atomic E-state index is 10.7. The van der Waals surface area contributed by atoms with Crippen molar-refractivity contribution in [2.75, 3.05) is 0 Å². The van der Waals surface area contributed by atoms with Gasteiger partial charge in [0.1, 0.15) is 6.10 Å². The largest absolute Gasteiger partial charge is 0.458 e. The molecule has 0 heterocycles. The first-order valence-corrected chi connectivity index (χ1v) is 5.63. The highest BCUT2D eigenvalue weighted by atomic mass is 16.5. The predicted molar refractivity (Wildman–Crippen MR) is 56.9 cm³/mol. The molecule has 0 aromatic rings. The Labute approximate surface area is 86.3 Å². The average Bonchev–Trinajstić information content (AvgIpc) is 2.66. The van der Waals surface area contributed by atoms with Crippen LogP contribution in [0.5, 0.6) is 0 Å². The highest BCUT2D eigenvalue weighted by molar-refractivity contribution is 5.66. The van der Waals surface area contributed by atoms with Gasteiger partial charge in [-0.1, -0.05) is 19.4 Å². The van der Waals surface area contributed by atoms with Crippen LogP contribution in [0.3, 0.4) is 0 Å². The zero-order chi connectivity index (χ0) is 10.6. The molecule has 0 aliphatic heterocycles. The third kappa shape index (κ3) is 2.60. The molecule has 80 valence electrons. The van der Waals surface area contributed by atoms with E-state index in [4.69, 9.17) is 4.74 Å². The molecule has 0 aromatic carbocycles. The zero-order valence-electron chi connectivity index (χ0n) is 9.38. The minimum absolute atomic E-state index is 0.0859. The second-order valence-corrected chi connectivity index (χ2v) is 3.71. The standard InChI is InChI=1S/C10H14O2.C2H6/c1-7(11)12-10-5-8-3-2-4-9(8)6-10;1-2/h5,9-10H,2-4,6H2,1H3;1-2H3. The fourth-order valence-electron chi connectivity index (χ4n) is 2.31. The van der Waals surface area contributed by atoms with Gasteiger partial charge in [0, 0.05) is 6.92 Å². The van der Waals surface area contributed by atoms with E-state index >= 15 is 0 Å². The van der Waals surface area contributed by atoms with Crippen LogP contribution >= 0.6 is 0 Å². The lowest BCUT2D eigenvalue weighted by molar-refractivity contribution is -0.144. The van der Waals surface area contributed by atoms with Crippen molar-refractivity contribution in [2.45, 2.75) is 52.6 Å². The SMILES string of the molecule is CC.CC(=O)OC1C=C2CCCC2C1. The van der Waals surface area contributed by atoms with Gasteiger partial charge in [-0.05, 0) is 37.7 Å². The summed E-state index contributed by atoms with van der Waals surface area (Å²) >= 11 is 0. The Hall–Kier alpha value is -0.790. The van der Waals surface area contributed by atoms with E-state index in [2.05, 4.69) is 6.08 Å².